The molecule has 2 aliphatic rings. The molecule has 2 aromatic heterocycles. The van der Waals surface area contributed by atoms with Crippen LogP contribution in [0.15, 0.2) is 146 Å². The smallest absolute Gasteiger partial charge is 0.227 e. The predicted octanol–water partition coefficient (Wildman–Crippen LogP) is 11.5. The maximum Gasteiger partial charge on any atom is 0.227 e. The maximum atomic E-state index is 6.20. The number of aromatic nitrogens is 2. The lowest BCUT2D eigenvalue weighted by atomic mass is 9.82. The number of para-hydroxylation sites is 4. The van der Waals surface area contributed by atoms with Crippen LogP contribution in [0.4, 0.5) is 17.1 Å². The summed E-state index contributed by atoms with van der Waals surface area (Å²) in [4.78, 5) is 14.3. The molecule has 6 aromatic carbocycles. The van der Waals surface area contributed by atoms with E-state index in [0.717, 1.165) is 60.2 Å². The van der Waals surface area contributed by atoms with Crippen molar-refractivity contribution in [1.82, 2.24) is 9.97 Å². The Morgan fingerprint density at radius 1 is 0.553 bits per heavy atom. The minimum atomic E-state index is -0.105. The van der Waals surface area contributed by atoms with E-state index < -0.39 is 0 Å². The van der Waals surface area contributed by atoms with Gasteiger partial charge in [-0.1, -0.05) is 86.3 Å². The number of hydrogen-bond acceptors (Lipinski definition) is 6. The average molecular weight is 626 g/mol. The third-order valence-electron chi connectivity index (χ3n) is 9.53. The van der Waals surface area contributed by atoms with Crippen molar-refractivity contribution >= 4 is 51.0 Å². The van der Waals surface area contributed by atoms with Gasteiger partial charge in [0.25, 0.3) is 0 Å². The third kappa shape index (κ3) is 3.91. The molecule has 0 saturated carbocycles. The number of oxazole rings is 2. The van der Waals surface area contributed by atoms with E-state index in [9.17, 15) is 0 Å². The zero-order valence-electron chi connectivity index (χ0n) is 25.7. The zero-order chi connectivity index (χ0) is 31.3. The molecule has 0 saturated heterocycles. The summed E-state index contributed by atoms with van der Waals surface area (Å²) in [5, 5.41) is 0. The van der Waals surface area contributed by atoms with Crippen molar-refractivity contribution in [3.8, 4) is 34.0 Å². The highest BCUT2D eigenvalue weighted by molar-refractivity contribution is 7.99. The van der Waals surface area contributed by atoms with Gasteiger partial charge < -0.3 is 13.7 Å². The number of rotatable bonds is 3. The average Bonchev–Trinajstić information content (AvgIpc) is 3.80. The molecule has 8 aromatic rings. The molecular weight excluding hydrogens is 599 g/mol. The fraction of sp³-hybridized carbons (Fsp3) is 0.0732. The van der Waals surface area contributed by atoms with Crippen molar-refractivity contribution in [1.29, 1.82) is 0 Å². The molecule has 0 amide bonds. The standard InChI is InChI=1S/C41H27N3O2S/c1-41(2)27-11-4-3-10-26(27)38-28(41)12-9-15-33(38)44-31-20-18-24(39-42-29-13-5-7-16-34(29)45-39)22-36(31)47-37-23-25(19-21-32(37)44)40-43-30-14-6-8-17-35(30)46-40/h3-23H,1-2H3. The van der Waals surface area contributed by atoms with E-state index in [1.807, 2.05) is 48.5 Å². The van der Waals surface area contributed by atoms with E-state index in [2.05, 4.69) is 97.6 Å². The summed E-state index contributed by atoms with van der Waals surface area (Å²) in [6, 6.07) is 44.4. The second kappa shape index (κ2) is 9.71. The van der Waals surface area contributed by atoms with E-state index in [4.69, 9.17) is 18.8 Å². The van der Waals surface area contributed by atoms with Crippen molar-refractivity contribution in [3.05, 3.63) is 139 Å². The molecule has 0 bridgehead atoms. The third-order valence-corrected chi connectivity index (χ3v) is 10.6. The van der Waals surface area contributed by atoms with Crippen LogP contribution in [-0.4, -0.2) is 9.97 Å². The lowest BCUT2D eigenvalue weighted by Gasteiger charge is -2.35. The summed E-state index contributed by atoms with van der Waals surface area (Å²) >= 11 is 1.75. The van der Waals surface area contributed by atoms with Crippen molar-refractivity contribution in [3.63, 3.8) is 0 Å². The highest BCUT2D eigenvalue weighted by atomic mass is 32.2. The molecule has 0 radical (unpaired) electrons. The first-order valence-electron chi connectivity index (χ1n) is 15.7. The summed E-state index contributed by atoms with van der Waals surface area (Å²) in [7, 11) is 0. The molecule has 47 heavy (non-hydrogen) atoms. The van der Waals surface area contributed by atoms with Crippen LogP contribution in [-0.2, 0) is 5.41 Å². The molecule has 5 nitrogen and oxygen atoms in total. The van der Waals surface area contributed by atoms with Crippen molar-refractivity contribution in [2.24, 2.45) is 0 Å². The van der Waals surface area contributed by atoms with Gasteiger partial charge in [-0.15, -0.1) is 0 Å². The molecular formula is C41H27N3O2S. The van der Waals surface area contributed by atoms with Gasteiger partial charge >= 0.3 is 0 Å². The fourth-order valence-electron chi connectivity index (χ4n) is 7.25. The minimum absolute atomic E-state index is 0.105. The summed E-state index contributed by atoms with van der Waals surface area (Å²) in [5.74, 6) is 1.23. The molecule has 0 fully saturated rings. The minimum Gasteiger partial charge on any atom is -0.436 e. The zero-order valence-corrected chi connectivity index (χ0v) is 26.5. The van der Waals surface area contributed by atoms with Crippen LogP contribution in [0.1, 0.15) is 25.0 Å². The van der Waals surface area contributed by atoms with Gasteiger partial charge in [0.1, 0.15) is 11.0 Å². The highest BCUT2D eigenvalue weighted by Crippen LogP contribution is 2.58. The van der Waals surface area contributed by atoms with Gasteiger partial charge in [-0.25, -0.2) is 9.97 Å². The van der Waals surface area contributed by atoms with Crippen LogP contribution in [0.5, 0.6) is 0 Å². The van der Waals surface area contributed by atoms with E-state index in [0.29, 0.717) is 11.8 Å². The Hall–Kier alpha value is -5.59. The maximum absolute atomic E-state index is 6.20. The summed E-state index contributed by atoms with van der Waals surface area (Å²) in [5.41, 5.74) is 13.7. The van der Waals surface area contributed by atoms with Crippen molar-refractivity contribution < 1.29 is 8.83 Å². The van der Waals surface area contributed by atoms with Gasteiger partial charge in [0.2, 0.25) is 11.8 Å². The van der Waals surface area contributed by atoms with E-state index in [-0.39, 0.29) is 5.41 Å². The number of anilines is 3. The molecule has 0 unspecified atom stereocenters. The second-order valence-corrected chi connectivity index (χ2v) is 13.7. The molecule has 3 heterocycles. The Morgan fingerprint density at radius 3 is 1.72 bits per heavy atom. The van der Waals surface area contributed by atoms with Gasteiger partial charge in [-0.05, 0) is 83.4 Å². The van der Waals surface area contributed by atoms with Crippen LogP contribution in [0.3, 0.4) is 0 Å². The van der Waals surface area contributed by atoms with Crippen molar-refractivity contribution in [2.45, 2.75) is 29.1 Å². The molecule has 224 valence electrons. The van der Waals surface area contributed by atoms with E-state index >= 15 is 0 Å². The Balaban J connectivity index is 1.19. The number of benzene rings is 6. The van der Waals surface area contributed by atoms with Gasteiger partial charge in [-0.2, -0.15) is 0 Å². The van der Waals surface area contributed by atoms with Crippen LogP contribution < -0.4 is 4.90 Å². The van der Waals surface area contributed by atoms with Crippen LogP contribution in [0, 0.1) is 0 Å². The SMILES string of the molecule is CC1(C)c2ccccc2-c2c(N3c4ccc(-c5nc6ccccc6o5)cc4Sc4cc(-c5nc6ccccc6o5)ccc43)cccc21. The van der Waals surface area contributed by atoms with Gasteiger partial charge in [0, 0.05) is 31.9 Å². The summed E-state index contributed by atoms with van der Waals surface area (Å²) in [6.45, 7) is 4.66. The Kier molecular flexibility index (Phi) is 5.50. The topological polar surface area (TPSA) is 55.3 Å². The van der Waals surface area contributed by atoms with Crippen LogP contribution in [0.2, 0.25) is 0 Å². The van der Waals surface area contributed by atoms with Crippen LogP contribution in [0.25, 0.3) is 56.2 Å². The quantitative estimate of drug-likeness (QED) is 0.195. The normalized spacial score (nSPS) is 14.2. The first kappa shape index (κ1) is 26.6. The van der Waals surface area contributed by atoms with E-state index in [1.165, 1.54) is 22.3 Å². The van der Waals surface area contributed by atoms with Gasteiger partial charge in [0.05, 0.1) is 17.1 Å². The predicted molar refractivity (Wildman–Crippen MR) is 189 cm³/mol. The molecule has 6 heteroatoms. The molecule has 1 aliphatic carbocycles. The number of hydrogen-bond donors (Lipinski definition) is 0. The highest BCUT2D eigenvalue weighted by Gasteiger charge is 2.39. The van der Waals surface area contributed by atoms with Crippen LogP contribution >= 0.6 is 11.8 Å². The largest absolute Gasteiger partial charge is 0.436 e. The lowest BCUT2D eigenvalue weighted by molar-refractivity contribution is 0.619. The first-order valence-corrected chi connectivity index (χ1v) is 16.6. The summed E-state index contributed by atoms with van der Waals surface area (Å²) in [6.07, 6.45) is 0. The molecule has 10 rings (SSSR count). The monoisotopic (exact) mass is 625 g/mol. The lowest BCUT2D eigenvalue weighted by Crippen LogP contribution is -2.17. The Labute approximate surface area is 275 Å². The number of fused-ring (bicyclic) bond motifs is 7. The fourth-order valence-corrected chi connectivity index (χ4v) is 8.38. The molecule has 0 atom stereocenters. The Bertz CT molecular complexity index is 2370. The Morgan fingerprint density at radius 2 is 1.11 bits per heavy atom. The molecule has 1 aliphatic heterocycles. The second-order valence-electron chi connectivity index (χ2n) is 12.6. The van der Waals surface area contributed by atoms with Gasteiger partial charge in [0.15, 0.2) is 11.2 Å². The molecule has 0 spiro atoms. The van der Waals surface area contributed by atoms with Gasteiger partial charge in [-0.3, -0.25) is 0 Å². The van der Waals surface area contributed by atoms with Crippen molar-refractivity contribution in [2.75, 3.05) is 4.90 Å². The number of nitrogens with zero attached hydrogens (tertiary/aromatic N) is 3. The molecule has 0 N–H and O–H groups in total. The van der Waals surface area contributed by atoms with E-state index in [1.54, 1.807) is 11.8 Å². The summed E-state index contributed by atoms with van der Waals surface area (Å²) < 4.78 is 12.4. The first-order chi connectivity index (χ1) is 23.0.